The minimum absolute atomic E-state index is 0.110. The van der Waals surface area contributed by atoms with Crippen LogP contribution in [0.3, 0.4) is 0 Å². The van der Waals surface area contributed by atoms with Gasteiger partial charge >= 0.3 is 0 Å². The first kappa shape index (κ1) is 15.3. The Morgan fingerprint density at radius 3 is 2.61 bits per heavy atom. The van der Waals surface area contributed by atoms with E-state index in [-0.39, 0.29) is 18.1 Å². The van der Waals surface area contributed by atoms with Crippen LogP contribution in [0.2, 0.25) is 0 Å². The Kier molecular flexibility index (Phi) is 4.73. The maximum absolute atomic E-state index is 12.8. The first-order chi connectivity index (χ1) is 11.2. The van der Waals surface area contributed by atoms with Crippen molar-refractivity contribution in [2.24, 2.45) is 0 Å². The van der Waals surface area contributed by atoms with E-state index >= 15 is 0 Å². The van der Waals surface area contributed by atoms with Crippen molar-refractivity contribution in [2.75, 3.05) is 0 Å². The van der Waals surface area contributed by atoms with Crippen LogP contribution in [-0.2, 0) is 17.8 Å². The van der Waals surface area contributed by atoms with Crippen LogP contribution >= 0.6 is 11.3 Å². The van der Waals surface area contributed by atoms with E-state index in [4.69, 9.17) is 0 Å². The van der Waals surface area contributed by atoms with Gasteiger partial charge < -0.3 is 5.32 Å². The van der Waals surface area contributed by atoms with Gasteiger partial charge in [0.05, 0.1) is 12.1 Å². The molecule has 6 heteroatoms. The number of carbonyl (C=O) groups excluding carboxylic acids is 1. The van der Waals surface area contributed by atoms with Crippen molar-refractivity contribution in [2.45, 2.75) is 13.0 Å². The van der Waals surface area contributed by atoms with Crippen LogP contribution in [0.25, 0.3) is 10.6 Å². The van der Waals surface area contributed by atoms with Gasteiger partial charge in [0, 0.05) is 29.9 Å². The van der Waals surface area contributed by atoms with E-state index in [1.807, 2.05) is 17.5 Å². The first-order valence-corrected chi connectivity index (χ1v) is 7.94. The predicted molar refractivity (Wildman–Crippen MR) is 87.3 cm³/mol. The predicted octanol–water partition coefficient (Wildman–Crippen LogP) is 3.20. The fraction of sp³-hybridized carbons (Fsp3) is 0.118. The van der Waals surface area contributed by atoms with Crippen molar-refractivity contribution < 1.29 is 9.18 Å². The Hall–Kier alpha value is -2.60. The number of pyridine rings is 1. The standard InChI is InChI=1S/C17H14FN3OS/c18-14-3-1-12(2-4-14)10-20-16(22)9-15-11-23-17(21-15)13-5-7-19-8-6-13/h1-8,11H,9-10H2,(H,20,22). The zero-order valence-electron chi connectivity index (χ0n) is 12.2. The van der Waals surface area contributed by atoms with E-state index < -0.39 is 0 Å². The van der Waals surface area contributed by atoms with Crippen LogP contribution in [0.4, 0.5) is 4.39 Å². The van der Waals surface area contributed by atoms with Gasteiger partial charge in [0.2, 0.25) is 5.91 Å². The highest BCUT2D eigenvalue weighted by Gasteiger charge is 2.09. The van der Waals surface area contributed by atoms with Crippen LogP contribution in [-0.4, -0.2) is 15.9 Å². The highest BCUT2D eigenvalue weighted by molar-refractivity contribution is 7.13. The maximum atomic E-state index is 12.8. The molecule has 0 bridgehead atoms. The second-order valence-electron chi connectivity index (χ2n) is 4.96. The molecule has 2 heterocycles. The normalized spacial score (nSPS) is 10.5. The average molecular weight is 327 g/mol. The molecule has 0 atom stereocenters. The summed E-state index contributed by atoms with van der Waals surface area (Å²) in [5.74, 6) is -0.396. The molecule has 1 aromatic carbocycles. The van der Waals surface area contributed by atoms with E-state index in [1.54, 1.807) is 24.5 Å². The van der Waals surface area contributed by atoms with Crippen molar-refractivity contribution in [3.8, 4) is 10.6 Å². The fourth-order valence-corrected chi connectivity index (χ4v) is 2.87. The summed E-state index contributed by atoms with van der Waals surface area (Å²) in [5, 5.41) is 5.56. The van der Waals surface area contributed by atoms with Gasteiger partial charge in [-0.05, 0) is 29.8 Å². The molecule has 0 aliphatic carbocycles. The Morgan fingerprint density at radius 1 is 1.13 bits per heavy atom. The smallest absolute Gasteiger partial charge is 0.226 e. The molecule has 0 saturated heterocycles. The number of benzene rings is 1. The number of amides is 1. The lowest BCUT2D eigenvalue weighted by Gasteiger charge is -2.04. The van der Waals surface area contributed by atoms with Crippen LogP contribution in [0.15, 0.2) is 54.2 Å². The molecule has 116 valence electrons. The minimum atomic E-state index is -0.286. The largest absolute Gasteiger partial charge is 0.352 e. The van der Waals surface area contributed by atoms with E-state index in [9.17, 15) is 9.18 Å². The highest BCUT2D eigenvalue weighted by atomic mass is 32.1. The number of halogens is 1. The van der Waals surface area contributed by atoms with Gasteiger partial charge in [-0.25, -0.2) is 9.37 Å². The molecule has 0 aliphatic rings. The second kappa shape index (κ2) is 7.11. The number of hydrogen-bond donors (Lipinski definition) is 1. The van der Waals surface area contributed by atoms with Gasteiger partial charge in [-0.15, -0.1) is 11.3 Å². The number of hydrogen-bond acceptors (Lipinski definition) is 4. The van der Waals surface area contributed by atoms with Crippen LogP contribution in [0.5, 0.6) is 0 Å². The third kappa shape index (κ3) is 4.20. The number of nitrogens with zero attached hydrogens (tertiary/aromatic N) is 2. The van der Waals surface area contributed by atoms with Gasteiger partial charge in [0.15, 0.2) is 0 Å². The molecule has 1 amide bonds. The van der Waals surface area contributed by atoms with Crippen LogP contribution < -0.4 is 5.32 Å². The lowest BCUT2D eigenvalue weighted by atomic mass is 10.2. The fourth-order valence-electron chi connectivity index (χ4n) is 2.05. The number of aromatic nitrogens is 2. The van der Waals surface area contributed by atoms with Crippen molar-refractivity contribution in [1.82, 2.24) is 15.3 Å². The Labute approximate surface area is 137 Å². The highest BCUT2D eigenvalue weighted by Crippen LogP contribution is 2.22. The molecule has 0 unspecified atom stereocenters. The third-order valence-corrected chi connectivity index (χ3v) is 4.16. The topological polar surface area (TPSA) is 54.9 Å². The molecule has 3 rings (SSSR count). The number of thiazole rings is 1. The maximum Gasteiger partial charge on any atom is 0.226 e. The quantitative estimate of drug-likeness (QED) is 0.783. The zero-order chi connectivity index (χ0) is 16.1. The molecule has 23 heavy (non-hydrogen) atoms. The van der Waals surface area contributed by atoms with Gasteiger partial charge in [0.1, 0.15) is 10.8 Å². The number of nitrogens with one attached hydrogen (secondary N) is 1. The van der Waals surface area contributed by atoms with Gasteiger partial charge in [-0.1, -0.05) is 12.1 Å². The molecule has 2 aromatic heterocycles. The van der Waals surface area contributed by atoms with Gasteiger partial charge in [-0.3, -0.25) is 9.78 Å². The monoisotopic (exact) mass is 327 g/mol. The zero-order valence-corrected chi connectivity index (χ0v) is 13.0. The lowest BCUT2D eigenvalue weighted by Crippen LogP contribution is -2.24. The molecule has 0 radical (unpaired) electrons. The molecular weight excluding hydrogens is 313 g/mol. The minimum Gasteiger partial charge on any atom is -0.352 e. The van der Waals surface area contributed by atoms with Crippen molar-refractivity contribution in [3.63, 3.8) is 0 Å². The van der Waals surface area contributed by atoms with Crippen LogP contribution in [0, 0.1) is 5.82 Å². The lowest BCUT2D eigenvalue weighted by molar-refractivity contribution is -0.120. The Bertz CT molecular complexity index is 787. The molecule has 3 aromatic rings. The molecule has 1 N–H and O–H groups in total. The van der Waals surface area contributed by atoms with Crippen molar-refractivity contribution in [1.29, 1.82) is 0 Å². The molecule has 4 nitrogen and oxygen atoms in total. The SMILES string of the molecule is O=C(Cc1csc(-c2ccncc2)n1)NCc1ccc(F)cc1. The summed E-state index contributed by atoms with van der Waals surface area (Å²) in [6.07, 6.45) is 3.65. The van der Waals surface area contributed by atoms with Gasteiger partial charge in [-0.2, -0.15) is 0 Å². The van der Waals surface area contributed by atoms with E-state index in [0.29, 0.717) is 6.54 Å². The summed E-state index contributed by atoms with van der Waals surface area (Å²) in [6, 6.07) is 9.83. The molecule has 0 spiro atoms. The average Bonchev–Trinajstić information content (AvgIpc) is 3.04. The summed E-state index contributed by atoms with van der Waals surface area (Å²) >= 11 is 1.50. The van der Waals surface area contributed by atoms with E-state index in [2.05, 4.69) is 15.3 Å². The van der Waals surface area contributed by atoms with Gasteiger partial charge in [0.25, 0.3) is 0 Å². The molecule has 0 saturated carbocycles. The number of carbonyl (C=O) groups is 1. The molecule has 0 fully saturated rings. The van der Waals surface area contributed by atoms with Crippen molar-refractivity contribution in [3.05, 3.63) is 71.2 Å². The Balaban J connectivity index is 1.56. The summed E-state index contributed by atoms with van der Waals surface area (Å²) in [4.78, 5) is 20.4. The first-order valence-electron chi connectivity index (χ1n) is 7.06. The van der Waals surface area contributed by atoms with Crippen LogP contribution in [0.1, 0.15) is 11.3 Å². The third-order valence-electron chi connectivity index (χ3n) is 3.22. The molecular formula is C17H14FN3OS. The van der Waals surface area contributed by atoms with E-state index in [0.717, 1.165) is 21.8 Å². The summed E-state index contributed by atoms with van der Waals surface area (Å²) in [5.41, 5.74) is 2.58. The number of rotatable bonds is 5. The van der Waals surface area contributed by atoms with E-state index in [1.165, 1.54) is 23.5 Å². The molecule has 0 aliphatic heterocycles. The second-order valence-corrected chi connectivity index (χ2v) is 5.82. The Morgan fingerprint density at radius 2 is 1.87 bits per heavy atom. The van der Waals surface area contributed by atoms with Crippen molar-refractivity contribution >= 4 is 17.2 Å². The summed E-state index contributed by atoms with van der Waals surface area (Å²) in [6.45, 7) is 0.375. The summed E-state index contributed by atoms with van der Waals surface area (Å²) < 4.78 is 12.8. The summed E-state index contributed by atoms with van der Waals surface area (Å²) in [7, 11) is 0.